The topological polar surface area (TPSA) is 132 Å². The van der Waals surface area contributed by atoms with E-state index in [-0.39, 0.29) is 34.7 Å². The van der Waals surface area contributed by atoms with Gasteiger partial charge in [0.25, 0.3) is 11.8 Å². The molecule has 0 aliphatic rings. The molecule has 0 bridgehead atoms. The van der Waals surface area contributed by atoms with Gasteiger partial charge in [0, 0.05) is 11.3 Å². The summed E-state index contributed by atoms with van der Waals surface area (Å²) in [6, 6.07) is 12.1. The molecule has 3 rings (SSSR count). The molecule has 0 fully saturated rings. The molecule has 0 saturated carbocycles. The molecule has 9 nitrogen and oxygen atoms in total. The molecule has 150 valence electrons. The van der Waals surface area contributed by atoms with E-state index in [0.29, 0.717) is 23.6 Å². The van der Waals surface area contributed by atoms with Crippen molar-refractivity contribution in [2.24, 2.45) is 5.73 Å². The molecule has 10 heteroatoms. The van der Waals surface area contributed by atoms with E-state index < -0.39 is 5.91 Å². The quantitative estimate of drug-likeness (QED) is 0.518. The number of carbonyl (C=O) groups is 2. The zero-order chi connectivity index (χ0) is 20.8. The highest BCUT2D eigenvalue weighted by Gasteiger charge is 2.20. The van der Waals surface area contributed by atoms with Crippen molar-refractivity contribution in [1.82, 2.24) is 15.4 Å². The monoisotopic (exact) mass is 415 g/mol. The van der Waals surface area contributed by atoms with Crippen molar-refractivity contribution in [2.45, 2.75) is 6.92 Å². The molecule has 1 aromatic heterocycles. The van der Waals surface area contributed by atoms with Gasteiger partial charge >= 0.3 is 0 Å². The lowest BCUT2D eigenvalue weighted by atomic mass is 10.1. The van der Waals surface area contributed by atoms with Crippen LogP contribution in [0.2, 0.25) is 5.02 Å². The Hall–Kier alpha value is -3.59. The second-order valence-corrected chi connectivity index (χ2v) is 6.21. The van der Waals surface area contributed by atoms with Gasteiger partial charge in [-0.3, -0.25) is 9.59 Å². The van der Waals surface area contributed by atoms with E-state index in [4.69, 9.17) is 26.8 Å². The van der Waals surface area contributed by atoms with Gasteiger partial charge in [0.2, 0.25) is 0 Å². The maximum absolute atomic E-state index is 12.1. The van der Waals surface area contributed by atoms with E-state index in [1.807, 2.05) is 18.2 Å². The van der Waals surface area contributed by atoms with Gasteiger partial charge in [-0.25, -0.2) is 0 Å². The lowest BCUT2D eigenvalue weighted by Crippen LogP contribution is -2.20. The average molecular weight is 416 g/mol. The number of rotatable bonds is 8. The van der Waals surface area contributed by atoms with Crippen LogP contribution in [-0.4, -0.2) is 40.4 Å². The van der Waals surface area contributed by atoms with E-state index in [9.17, 15) is 9.59 Å². The third-order valence-corrected chi connectivity index (χ3v) is 4.05. The van der Waals surface area contributed by atoms with Crippen LogP contribution in [0.1, 0.15) is 17.4 Å². The Balaban J connectivity index is 1.82. The number of amides is 2. The maximum atomic E-state index is 12.1. The number of H-pyrrole nitrogens is 1. The lowest BCUT2D eigenvalue weighted by molar-refractivity contribution is -0.118. The van der Waals surface area contributed by atoms with Gasteiger partial charge in [-0.2, -0.15) is 15.4 Å². The summed E-state index contributed by atoms with van der Waals surface area (Å²) in [5.41, 5.74) is 6.62. The van der Waals surface area contributed by atoms with Crippen LogP contribution in [0.15, 0.2) is 42.5 Å². The van der Waals surface area contributed by atoms with E-state index in [0.717, 1.165) is 0 Å². The van der Waals surface area contributed by atoms with Crippen molar-refractivity contribution in [3.8, 4) is 22.8 Å². The molecular formula is C19H18ClN5O4. The highest BCUT2D eigenvalue weighted by Crippen LogP contribution is 2.39. The number of benzene rings is 2. The summed E-state index contributed by atoms with van der Waals surface area (Å²) in [5, 5.41) is 12.9. The fourth-order valence-corrected chi connectivity index (χ4v) is 2.83. The first kappa shape index (κ1) is 20.2. The van der Waals surface area contributed by atoms with Crippen LogP contribution in [0.3, 0.4) is 0 Å². The molecule has 29 heavy (non-hydrogen) atoms. The van der Waals surface area contributed by atoms with Gasteiger partial charge in [-0.05, 0) is 31.2 Å². The number of nitrogens with zero attached hydrogens (tertiary/aromatic N) is 2. The molecule has 2 aromatic carbocycles. The van der Waals surface area contributed by atoms with Gasteiger partial charge in [0.05, 0.1) is 11.6 Å². The Labute approximate surface area is 171 Å². The zero-order valence-electron chi connectivity index (χ0n) is 15.4. The molecular weight excluding hydrogens is 398 g/mol. The molecule has 1 heterocycles. The summed E-state index contributed by atoms with van der Waals surface area (Å²) >= 11 is 6.35. The number of aromatic amines is 1. The average Bonchev–Trinajstić information content (AvgIpc) is 3.18. The molecule has 0 unspecified atom stereocenters. The molecule has 0 atom stereocenters. The molecule has 0 aliphatic heterocycles. The number of anilines is 1. The molecule has 0 radical (unpaired) electrons. The van der Waals surface area contributed by atoms with E-state index >= 15 is 0 Å². The number of halogens is 1. The normalized spacial score (nSPS) is 10.4. The summed E-state index contributed by atoms with van der Waals surface area (Å²) in [7, 11) is 0. The fraction of sp³-hybridized carbons (Fsp3) is 0.158. The second-order valence-electron chi connectivity index (χ2n) is 5.81. The van der Waals surface area contributed by atoms with Gasteiger partial charge in [0.1, 0.15) is 5.69 Å². The molecule has 4 N–H and O–H groups in total. The van der Waals surface area contributed by atoms with Crippen molar-refractivity contribution in [2.75, 3.05) is 18.5 Å². The number of primary amides is 1. The van der Waals surface area contributed by atoms with Crippen molar-refractivity contribution in [1.29, 1.82) is 0 Å². The first-order valence-electron chi connectivity index (χ1n) is 8.64. The standard InChI is InChI=1S/C19H18ClN5O4/c1-2-28-14-9-11(16-17(19(21)27)24-25-23-16)8-13(20)18(14)29-10-15(26)22-12-6-4-3-5-7-12/h3-9H,2,10H2,1H3,(H2,21,27)(H,22,26)(H,23,24,25). The third-order valence-electron chi connectivity index (χ3n) is 3.77. The van der Waals surface area contributed by atoms with Crippen molar-refractivity contribution < 1.29 is 19.1 Å². The predicted molar refractivity (Wildman–Crippen MR) is 107 cm³/mol. The van der Waals surface area contributed by atoms with Gasteiger partial charge in [0.15, 0.2) is 23.8 Å². The number of nitrogens with one attached hydrogen (secondary N) is 2. The van der Waals surface area contributed by atoms with Crippen molar-refractivity contribution in [3.05, 3.63) is 53.2 Å². The van der Waals surface area contributed by atoms with Crippen LogP contribution in [0, 0.1) is 0 Å². The summed E-state index contributed by atoms with van der Waals surface area (Å²) in [6.45, 7) is 1.84. The van der Waals surface area contributed by atoms with Crippen LogP contribution in [0.4, 0.5) is 5.69 Å². The number of carbonyl (C=O) groups excluding carboxylic acids is 2. The Bertz CT molecular complexity index is 1020. The van der Waals surface area contributed by atoms with Crippen molar-refractivity contribution in [3.63, 3.8) is 0 Å². The summed E-state index contributed by atoms with van der Waals surface area (Å²) in [5.74, 6) is -0.599. The minimum Gasteiger partial charge on any atom is -0.490 e. The number of nitrogens with two attached hydrogens (primary N) is 1. The summed E-state index contributed by atoms with van der Waals surface area (Å²) < 4.78 is 11.2. The molecule has 3 aromatic rings. The minimum absolute atomic E-state index is 0.0283. The third kappa shape index (κ3) is 4.82. The molecule has 0 saturated heterocycles. The van der Waals surface area contributed by atoms with E-state index in [1.54, 1.807) is 25.1 Å². The summed E-state index contributed by atoms with van der Waals surface area (Å²) in [4.78, 5) is 23.7. The van der Waals surface area contributed by atoms with E-state index in [1.165, 1.54) is 6.07 Å². The van der Waals surface area contributed by atoms with Crippen LogP contribution < -0.4 is 20.5 Å². The minimum atomic E-state index is -0.735. The zero-order valence-corrected chi connectivity index (χ0v) is 16.2. The molecule has 2 amide bonds. The van der Waals surface area contributed by atoms with E-state index in [2.05, 4.69) is 20.7 Å². The Morgan fingerprint density at radius 1 is 1.17 bits per heavy atom. The van der Waals surface area contributed by atoms with Crippen LogP contribution in [-0.2, 0) is 4.79 Å². The fourth-order valence-electron chi connectivity index (χ4n) is 2.57. The first-order chi connectivity index (χ1) is 14.0. The number of hydrogen-bond acceptors (Lipinski definition) is 6. The molecule has 0 aliphatic carbocycles. The second kappa shape index (κ2) is 9.07. The summed E-state index contributed by atoms with van der Waals surface area (Å²) in [6.07, 6.45) is 0. The van der Waals surface area contributed by atoms with Crippen molar-refractivity contribution >= 4 is 29.1 Å². The largest absolute Gasteiger partial charge is 0.490 e. The number of para-hydroxylation sites is 1. The maximum Gasteiger partial charge on any atom is 0.271 e. The number of aromatic nitrogens is 3. The Morgan fingerprint density at radius 3 is 2.62 bits per heavy atom. The molecule has 0 spiro atoms. The highest BCUT2D eigenvalue weighted by molar-refractivity contribution is 6.32. The van der Waals surface area contributed by atoms with Crippen LogP contribution in [0.25, 0.3) is 11.3 Å². The van der Waals surface area contributed by atoms with Gasteiger partial charge in [-0.15, -0.1) is 0 Å². The Kier molecular flexibility index (Phi) is 6.30. The van der Waals surface area contributed by atoms with Gasteiger partial charge in [-0.1, -0.05) is 29.8 Å². The van der Waals surface area contributed by atoms with Gasteiger partial charge < -0.3 is 20.5 Å². The Morgan fingerprint density at radius 2 is 1.93 bits per heavy atom. The number of ether oxygens (including phenoxy) is 2. The smallest absolute Gasteiger partial charge is 0.271 e. The van der Waals surface area contributed by atoms with Crippen LogP contribution in [0.5, 0.6) is 11.5 Å². The SMILES string of the molecule is CCOc1cc(-c2n[nH]nc2C(N)=O)cc(Cl)c1OCC(=O)Nc1ccccc1. The number of hydrogen-bond donors (Lipinski definition) is 3. The highest BCUT2D eigenvalue weighted by atomic mass is 35.5. The van der Waals surface area contributed by atoms with Crippen LogP contribution >= 0.6 is 11.6 Å². The first-order valence-corrected chi connectivity index (χ1v) is 9.02. The lowest BCUT2D eigenvalue weighted by Gasteiger charge is -2.15. The predicted octanol–water partition coefficient (Wildman–Crippen LogP) is 2.64.